The van der Waals surface area contributed by atoms with Gasteiger partial charge in [-0.2, -0.15) is 0 Å². The topological polar surface area (TPSA) is 61.4 Å². The molecule has 0 saturated heterocycles. The summed E-state index contributed by atoms with van der Waals surface area (Å²) >= 11 is 18.1. The van der Waals surface area contributed by atoms with Crippen molar-refractivity contribution in [3.8, 4) is 0 Å². The van der Waals surface area contributed by atoms with Gasteiger partial charge in [0.15, 0.2) is 0 Å². The second-order valence-corrected chi connectivity index (χ2v) is 7.55. The number of rotatable bonds is 4. The lowest BCUT2D eigenvalue weighted by Crippen LogP contribution is -2.42. The predicted octanol–water partition coefficient (Wildman–Crippen LogP) is 4.63. The maximum Gasteiger partial charge on any atom is 0.240 e. The number of carbonyl (C=O) groups excluding carboxylic acids is 2. The van der Waals surface area contributed by atoms with Crippen molar-refractivity contribution in [2.75, 3.05) is 12.0 Å². The Morgan fingerprint density at radius 1 is 1.15 bits per heavy atom. The highest BCUT2D eigenvalue weighted by Crippen LogP contribution is 2.34. The van der Waals surface area contributed by atoms with E-state index in [1.54, 1.807) is 4.90 Å². The molecule has 0 radical (unpaired) electrons. The Hall–Kier alpha value is -1.95. The molecule has 1 unspecified atom stereocenters. The fraction of sp³-hybridized carbons (Fsp3) is 0.263. The van der Waals surface area contributed by atoms with Crippen LogP contribution < -0.4 is 10.9 Å². The predicted molar refractivity (Wildman–Crippen MR) is 108 cm³/mol. The Labute approximate surface area is 172 Å². The summed E-state index contributed by atoms with van der Waals surface area (Å²) in [6.07, 6.45) is 0.897. The van der Waals surface area contributed by atoms with Crippen molar-refractivity contribution in [3.63, 3.8) is 0 Å². The second kappa shape index (κ2) is 8.38. The first-order valence-corrected chi connectivity index (χ1v) is 9.54. The smallest absolute Gasteiger partial charge is 0.240 e. The minimum Gasteiger partial charge on any atom is -0.335 e. The lowest BCUT2D eigenvalue weighted by atomic mass is 9.90. The van der Waals surface area contributed by atoms with E-state index in [2.05, 4.69) is 10.9 Å². The number of amides is 2. The van der Waals surface area contributed by atoms with Gasteiger partial charge in [-0.3, -0.25) is 20.4 Å². The summed E-state index contributed by atoms with van der Waals surface area (Å²) in [7, 11) is 0. The number of fused-ring (bicyclic) bond motifs is 1. The van der Waals surface area contributed by atoms with E-state index in [4.69, 9.17) is 34.8 Å². The average molecular weight is 427 g/mol. The average Bonchev–Trinajstić information content (AvgIpc) is 2.60. The van der Waals surface area contributed by atoms with Crippen molar-refractivity contribution in [1.82, 2.24) is 10.3 Å². The molecule has 0 saturated carbocycles. The summed E-state index contributed by atoms with van der Waals surface area (Å²) < 4.78 is 0. The van der Waals surface area contributed by atoms with Gasteiger partial charge in [0.1, 0.15) is 0 Å². The summed E-state index contributed by atoms with van der Waals surface area (Å²) in [5, 5.41) is 0.986. The van der Waals surface area contributed by atoms with Crippen LogP contribution in [-0.4, -0.2) is 23.3 Å². The molecule has 5 nitrogen and oxygen atoms in total. The third-order valence-electron chi connectivity index (χ3n) is 4.53. The number of carbonyl (C=O) groups is 2. The van der Waals surface area contributed by atoms with E-state index in [0.717, 1.165) is 17.5 Å². The van der Waals surface area contributed by atoms with Gasteiger partial charge in [-0.25, -0.2) is 0 Å². The molecule has 0 aromatic heterocycles. The van der Waals surface area contributed by atoms with Gasteiger partial charge >= 0.3 is 0 Å². The number of anilines is 1. The maximum absolute atomic E-state index is 12.5. The molecule has 3 rings (SSSR count). The minimum absolute atomic E-state index is 0.0564. The molecule has 1 aliphatic rings. The SMILES string of the molecule is CC(=O)N1CCc2ccccc2C1CC(=O)NNc1c(Cl)cc(Cl)cc1Cl. The molecular weight excluding hydrogens is 409 g/mol. The molecule has 0 fully saturated rings. The zero-order valence-corrected chi connectivity index (χ0v) is 16.8. The van der Waals surface area contributed by atoms with Crippen LogP contribution in [0, 0.1) is 0 Å². The molecule has 142 valence electrons. The normalized spacial score (nSPS) is 15.9. The largest absolute Gasteiger partial charge is 0.335 e. The Balaban J connectivity index is 1.73. The lowest BCUT2D eigenvalue weighted by molar-refractivity contribution is -0.133. The third kappa shape index (κ3) is 4.49. The molecule has 2 amide bonds. The number of hydrazine groups is 1. The highest BCUT2D eigenvalue weighted by Gasteiger charge is 2.30. The van der Waals surface area contributed by atoms with Crippen LogP contribution in [0.15, 0.2) is 36.4 Å². The number of hydrogen-bond acceptors (Lipinski definition) is 3. The van der Waals surface area contributed by atoms with Gasteiger partial charge in [0.05, 0.1) is 28.2 Å². The third-order valence-corrected chi connectivity index (χ3v) is 5.34. The minimum atomic E-state index is -0.314. The van der Waals surface area contributed by atoms with Gasteiger partial charge < -0.3 is 4.90 Å². The van der Waals surface area contributed by atoms with Crippen molar-refractivity contribution in [1.29, 1.82) is 0 Å². The summed E-state index contributed by atoms with van der Waals surface area (Å²) in [4.78, 5) is 26.3. The molecule has 0 aliphatic carbocycles. The van der Waals surface area contributed by atoms with Crippen molar-refractivity contribution < 1.29 is 9.59 Å². The highest BCUT2D eigenvalue weighted by molar-refractivity contribution is 6.41. The van der Waals surface area contributed by atoms with Gasteiger partial charge in [-0.15, -0.1) is 0 Å². The van der Waals surface area contributed by atoms with Crippen molar-refractivity contribution in [2.45, 2.75) is 25.8 Å². The molecule has 2 aromatic carbocycles. The molecule has 2 aromatic rings. The fourth-order valence-corrected chi connectivity index (χ4v) is 4.18. The molecule has 0 bridgehead atoms. The zero-order valence-electron chi connectivity index (χ0n) is 14.6. The highest BCUT2D eigenvalue weighted by atomic mass is 35.5. The second-order valence-electron chi connectivity index (χ2n) is 6.30. The van der Waals surface area contributed by atoms with Gasteiger partial charge in [-0.05, 0) is 29.7 Å². The van der Waals surface area contributed by atoms with E-state index in [9.17, 15) is 9.59 Å². The quantitative estimate of drug-likeness (QED) is 0.701. The first-order chi connectivity index (χ1) is 12.9. The standard InChI is InChI=1S/C19H18Cl3N3O2/c1-11(26)25-7-6-12-4-2-3-5-14(12)17(25)10-18(27)23-24-19-15(21)8-13(20)9-16(19)22/h2-5,8-9,17,24H,6-7,10H2,1H3,(H,23,27). The van der Waals surface area contributed by atoms with Crippen molar-refractivity contribution in [3.05, 3.63) is 62.6 Å². The fourth-order valence-electron chi connectivity index (χ4n) is 3.27. The summed E-state index contributed by atoms with van der Waals surface area (Å²) in [6.45, 7) is 2.11. The van der Waals surface area contributed by atoms with Crippen LogP contribution in [0.3, 0.4) is 0 Å². The van der Waals surface area contributed by atoms with Gasteiger partial charge in [0.2, 0.25) is 11.8 Å². The van der Waals surface area contributed by atoms with Crippen LogP contribution >= 0.6 is 34.8 Å². The molecule has 0 spiro atoms. The monoisotopic (exact) mass is 425 g/mol. The van der Waals surface area contributed by atoms with E-state index in [1.165, 1.54) is 19.1 Å². The van der Waals surface area contributed by atoms with Crippen LogP contribution in [0.25, 0.3) is 0 Å². The number of hydrogen-bond donors (Lipinski definition) is 2. The van der Waals surface area contributed by atoms with Crippen LogP contribution in [0.4, 0.5) is 5.69 Å². The summed E-state index contributed by atoms with van der Waals surface area (Å²) in [6, 6.07) is 10.6. The Bertz CT molecular complexity index is 865. The molecule has 27 heavy (non-hydrogen) atoms. The summed E-state index contributed by atoms with van der Waals surface area (Å²) in [5.74, 6) is -0.343. The lowest BCUT2D eigenvalue weighted by Gasteiger charge is -2.36. The van der Waals surface area contributed by atoms with Crippen LogP contribution in [0.1, 0.15) is 30.5 Å². The Kier molecular flexibility index (Phi) is 6.15. The first kappa shape index (κ1) is 19.8. The van der Waals surface area contributed by atoms with Gasteiger partial charge in [-0.1, -0.05) is 59.1 Å². The van der Waals surface area contributed by atoms with Crippen LogP contribution in [-0.2, 0) is 16.0 Å². The van der Waals surface area contributed by atoms with E-state index < -0.39 is 0 Å². The van der Waals surface area contributed by atoms with Crippen molar-refractivity contribution >= 4 is 52.3 Å². The Morgan fingerprint density at radius 2 is 1.81 bits per heavy atom. The van der Waals surface area contributed by atoms with Crippen LogP contribution in [0.5, 0.6) is 0 Å². The molecular formula is C19H18Cl3N3O2. The number of halogens is 3. The maximum atomic E-state index is 12.5. The molecule has 1 aliphatic heterocycles. The zero-order chi connectivity index (χ0) is 19.6. The van der Waals surface area contributed by atoms with E-state index in [0.29, 0.717) is 27.3 Å². The van der Waals surface area contributed by atoms with Crippen molar-refractivity contribution in [2.24, 2.45) is 0 Å². The van der Waals surface area contributed by atoms with E-state index >= 15 is 0 Å². The molecule has 1 heterocycles. The molecule has 8 heteroatoms. The number of benzene rings is 2. The van der Waals surface area contributed by atoms with Gasteiger partial charge in [0, 0.05) is 18.5 Å². The first-order valence-electron chi connectivity index (χ1n) is 8.41. The van der Waals surface area contributed by atoms with Gasteiger partial charge in [0.25, 0.3) is 0 Å². The number of nitrogens with one attached hydrogen (secondary N) is 2. The molecule has 1 atom stereocenters. The molecule has 2 N–H and O–H groups in total. The van der Waals surface area contributed by atoms with Crippen LogP contribution in [0.2, 0.25) is 15.1 Å². The number of nitrogens with zero attached hydrogens (tertiary/aromatic N) is 1. The van der Waals surface area contributed by atoms with E-state index in [-0.39, 0.29) is 24.3 Å². The Morgan fingerprint density at radius 3 is 2.48 bits per heavy atom. The van der Waals surface area contributed by atoms with E-state index in [1.807, 2.05) is 24.3 Å². The summed E-state index contributed by atoms with van der Waals surface area (Å²) in [5.41, 5.74) is 7.86.